The van der Waals surface area contributed by atoms with Crippen molar-refractivity contribution in [1.29, 1.82) is 0 Å². The largest absolute Gasteiger partial charge is 0.370 e. The van der Waals surface area contributed by atoms with Gasteiger partial charge in [0.2, 0.25) is 0 Å². The molecule has 2 aromatic heterocycles. The zero-order valence-corrected chi connectivity index (χ0v) is 16.3. The van der Waals surface area contributed by atoms with E-state index in [0.29, 0.717) is 0 Å². The van der Waals surface area contributed by atoms with Crippen molar-refractivity contribution in [3.05, 3.63) is 35.8 Å². The summed E-state index contributed by atoms with van der Waals surface area (Å²) in [7, 11) is 0. The van der Waals surface area contributed by atoms with E-state index in [1.807, 2.05) is 25.3 Å². The van der Waals surface area contributed by atoms with Gasteiger partial charge in [-0.25, -0.2) is 9.97 Å². The molecule has 1 atom stereocenters. The molecule has 5 heteroatoms. The molecule has 0 amide bonds. The Kier molecular flexibility index (Phi) is 6.56. The van der Waals surface area contributed by atoms with E-state index in [-0.39, 0.29) is 0 Å². The first-order valence-corrected chi connectivity index (χ1v) is 9.88. The molecule has 0 radical (unpaired) electrons. The van der Waals surface area contributed by atoms with Crippen LogP contribution in [0.15, 0.2) is 24.5 Å². The number of piperidine rings is 1. The number of nitrogens with zero attached hydrogens (tertiary/aromatic N) is 4. The minimum atomic E-state index is 0.742. The summed E-state index contributed by atoms with van der Waals surface area (Å²) < 4.78 is 0. The van der Waals surface area contributed by atoms with Crippen LogP contribution in [-0.4, -0.2) is 45.5 Å². The predicted octanol–water partition coefficient (Wildman–Crippen LogP) is 4.22. The zero-order valence-electron chi connectivity index (χ0n) is 16.3. The van der Waals surface area contributed by atoms with Crippen LogP contribution >= 0.6 is 0 Å². The molecule has 1 fully saturated rings. The minimum Gasteiger partial charge on any atom is -0.370 e. The van der Waals surface area contributed by atoms with Gasteiger partial charge in [0.15, 0.2) is 5.82 Å². The molecule has 5 nitrogen and oxygen atoms in total. The second kappa shape index (κ2) is 9.08. The number of nitrogens with one attached hydrogen (secondary N) is 1. The Morgan fingerprint density at radius 2 is 2.08 bits per heavy atom. The Morgan fingerprint density at radius 3 is 2.85 bits per heavy atom. The SMILES string of the molecule is Cc1nc(-c2cccnc2)nc(NCCCCN2CCCCC2C)c1C. The molecule has 0 saturated carbocycles. The van der Waals surface area contributed by atoms with E-state index in [1.54, 1.807) is 6.20 Å². The van der Waals surface area contributed by atoms with Crippen molar-refractivity contribution in [3.63, 3.8) is 0 Å². The van der Waals surface area contributed by atoms with E-state index in [2.05, 4.69) is 34.0 Å². The standard InChI is InChI=1S/C21H31N5/c1-16-9-4-6-13-26(16)14-7-5-12-23-20-17(2)18(3)24-21(25-20)19-10-8-11-22-15-19/h8,10-11,15-16H,4-7,9,12-14H2,1-3H3,(H,23,24,25). The normalized spacial score (nSPS) is 18.0. The maximum atomic E-state index is 4.73. The number of aromatic nitrogens is 3. The first-order chi connectivity index (χ1) is 12.6. The first-order valence-electron chi connectivity index (χ1n) is 9.88. The van der Waals surface area contributed by atoms with E-state index in [4.69, 9.17) is 4.98 Å². The number of aryl methyl sites for hydroxylation is 1. The molecule has 1 unspecified atom stereocenters. The highest BCUT2D eigenvalue weighted by Crippen LogP contribution is 2.21. The molecule has 2 aromatic rings. The van der Waals surface area contributed by atoms with Gasteiger partial charge in [-0.2, -0.15) is 0 Å². The van der Waals surface area contributed by atoms with Gasteiger partial charge in [0.05, 0.1) is 0 Å². The van der Waals surface area contributed by atoms with Crippen LogP contribution in [0, 0.1) is 13.8 Å². The van der Waals surface area contributed by atoms with E-state index in [0.717, 1.165) is 47.5 Å². The summed E-state index contributed by atoms with van der Waals surface area (Å²) in [5.41, 5.74) is 3.10. The molecule has 3 heterocycles. The highest BCUT2D eigenvalue weighted by molar-refractivity contribution is 5.58. The zero-order chi connectivity index (χ0) is 18.4. The van der Waals surface area contributed by atoms with E-state index < -0.39 is 0 Å². The van der Waals surface area contributed by atoms with Gasteiger partial charge in [0, 0.05) is 41.8 Å². The quantitative estimate of drug-likeness (QED) is 0.755. The van der Waals surface area contributed by atoms with Gasteiger partial charge in [0.25, 0.3) is 0 Å². The average Bonchev–Trinajstić information content (AvgIpc) is 2.66. The first kappa shape index (κ1) is 18.8. The van der Waals surface area contributed by atoms with Gasteiger partial charge >= 0.3 is 0 Å². The number of anilines is 1. The van der Waals surface area contributed by atoms with E-state index >= 15 is 0 Å². The molecule has 0 aliphatic carbocycles. The van der Waals surface area contributed by atoms with Gasteiger partial charge in [-0.15, -0.1) is 0 Å². The molecule has 3 rings (SSSR count). The van der Waals surface area contributed by atoms with Crippen LogP contribution in [0.25, 0.3) is 11.4 Å². The summed E-state index contributed by atoms with van der Waals surface area (Å²) in [6.45, 7) is 9.93. The fourth-order valence-electron chi connectivity index (χ4n) is 3.56. The number of hydrogen-bond acceptors (Lipinski definition) is 5. The summed E-state index contributed by atoms with van der Waals surface area (Å²) in [5.74, 6) is 1.69. The maximum Gasteiger partial charge on any atom is 0.163 e. The summed E-state index contributed by atoms with van der Waals surface area (Å²) in [5, 5.41) is 3.52. The van der Waals surface area contributed by atoms with Gasteiger partial charge < -0.3 is 10.2 Å². The molecule has 0 aromatic carbocycles. The third-order valence-electron chi connectivity index (χ3n) is 5.41. The van der Waals surface area contributed by atoms with Crippen molar-refractivity contribution in [1.82, 2.24) is 19.9 Å². The number of rotatable bonds is 7. The molecular formula is C21H31N5. The Labute approximate surface area is 157 Å². The second-order valence-electron chi connectivity index (χ2n) is 7.36. The highest BCUT2D eigenvalue weighted by Gasteiger charge is 2.17. The molecule has 0 spiro atoms. The molecular weight excluding hydrogens is 322 g/mol. The van der Waals surface area contributed by atoms with Gasteiger partial charge in [-0.3, -0.25) is 4.98 Å². The molecule has 1 saturated heterocycles. The Balaban J connectivity index is 1.53. The topological polar surface area (TPSA) is 53.9 Å². The maximum absolute atomic E-state index is 4.73. The number of unbranched alkanes of at least 4 members (excludes halogenated alkanes) is 1. The summed E-state index contributed by atoms with van der Waals surface area (Å²) in [6.07, 6.45) is 10.1. The Morgan fingerprint density at radius 1 is 1.19 bits per heavy atom. The fraction of sp³-hybridized carbons (Fsp3) is 0.571. The molecule has 1 aliphatic rings. The van der Waals surface area contributed by atoms with E-state index in [9.17, 15) is 0 Å². The van der Waals surface area contributed by atoms with Crippen LogP contribution in [0.3, 0.4) is 0 Å². The van der Waals surface area contributed by atoms with E-state index in [1.165, 1.54) is 38.8 Å². The van der Waals surface area contributed by atoms with Crippen molar-refractivity contribution < 1.29 is 0 Å². The lowest BCUT2D eigenvalue weighted by molar-refractivity contribution is 0.158. The Bertz CT molecular complexity index is 701. The smallest absolute Gasteiger partial charge is 0.163 e. The lowest BCUT2D eigenvalue weighted by Crippen LogP contribution is -2.38. The third-order valence-corrected chi connectivity index (χ3v) is 5.41. The molecule has 140 valence electrons. The van der Waals surface area contributed by atoms with Crippen LogP contribution in [0.4, 0.5) is 5.82 Å². The summed E-state index contributed by atoms with van der Waals surface area (Å²) in [6, 6.07) is 4.67. The lowest BCUT2D eigenvalue weighted by Gasteiger charge is -2.33. The molecule has 0 bridgehead atoms. The van der Waals surface area contributed by atoms with Crippen molar-refractivity contribution in [3.8, 4) is 11.4 Å². The van der Waals surface area contributed by atoms with Crippen molar-refractivity contribution in [2.45, 2.75) is 58.9 Å². The van der Waals surface area contributed by atoms with Gasteiger partial charge in [0.1, 0.15) is 5.82 Å². The number of hydrogen-bond donors (Lipinski definition) is 1. The highest BCUT2D eigenvalue weighted by atomic mass is 15.2. The lowest BCUT2D eigenvalue weighted by atomic mass is 10.0. The third kappa shape index (κ3) is 4.79. The number of likely N-dealkylation sites (tertiary alicyclic amines) is 1. The van der Waals surface area contributed by atoms with Crippen molar-refractivity contribution in [2.24, 2.45) is 0 Å². The van der Waals surface area contributed by atoms with Crippen molar-refractivity contribution >= 4 is 5.82 Å². The van der Waals surface area contributed by atoms with Crippen LogP contribution < -0.4 is 5.32 Å². The van der Waals surface area contributed by atoms with Crippen LogP contribution in [0.5, 0.6) is 0 Å². The summed E-state index contributed by atoms with van der Waals surface area (Å²) >= 11 is 0. The predicted molar refractivity (Wildman–Crippen MR) is 107 cm³/mol. The van der Waals surface area contributed by atoms with Gasteiger partial charge in [-0.05, 0) is 71.7 Å². The second-order valence-corrected chi connectivity index (χ2v) is 7.36. The molecule has 1 N–H and O–H groups in total. The van der Waals surface area contributed by atoms with Crippen molar-refractivity contribution in [2.75, 3.05) is 25.0 Å². The van der Waals surface area contributed by atoms with Crippen LogP contribution in [0.2, 0.25) is 0 Å². The van der Waals surface area contributed by atoms with Crippen LogP contribution in [0.1, 0.15) is 50.3 Å². The number of pyridine rings is 1. The molecule has 26 heavy (non-hydrogen) atoms. The average molecular weight is 354 g/mol. The molecule has 1 aliphatic heterocycles. The van der Waals surface area contributed by atoms with Gasteiger partial charge in [-0.1, -0.05) is 6.42 Å². The minimum absolute atomic E-state index is 0.742. The monoisotopic (exact) mass is 353 g/mol. The summed E-state index contributed by atoms with van der Waals surface area (Å²) in [4.78, 5) is 16.2. The Hall–Kier alpha value is -2.01. The fourth-order valence-corrected chi connectivity index (χ4v) is 3.56. The van der Waals surface area contributed by atoms with Crippen LogP contribution in [-0.2, 0) is 0 Å².